The zero-order valence-corrected chi connectivity index (χ0v) is 13.3. The van der Waals surface area contributed by atoms with Crippen LogP contribution in [0.1, 0.15) is 40.0 Å². The molecule has 1 fully saturated rings. The first-order valence-corrected chi connectivity index (χ1v) is 7.12. The predicted octanol–water partition coefficient (Wildman–Crippen LogP) is 0.888. The van der Waals surface area contributed by atoms with Gasteiger partial charge in [-0.05, 0) is 0 Å². The quantitative estimate of drug-likeness (QED) is 0.776. The van der Waals surface area contributed by atoms with Crippen molar-refractivity contribution in [1.29, 1.82) is 0 Å². The van der Waals surface area contributed by atoms with Crippen LogP contribution in [-0.2, 0) is 0 Å². The Bertz CT molecular complexity index is 127. The summed E-state index contributed by atoms with van der Waals surface area (Å²) in [6.07, 6.45) is 4.15. The Balaban J connectivity index is 2.36. The predicted molar refractivity (Wildman–Crippen MR) is 48.0 cm³/mol. The molecule has 2 heteroatoms. The summed E-state index contributed by atoms with van der Waals surface area (Å²) >= 11 is 0.803. The van der Waals surface area contributed by atoms with E-state index < -0.39 is 0 Å². The third-order valence-corrected chi connectivity index (χ3v) is 6.09. The summed E-state index contributed by atoms with van der Waals surface area (Å²) in [6.45, 7) is 6.87. The Morgan fingerprint density at radius 3 is 2.30 bits per heavy atom. The topological polar surface area (TPSA) is 12.0 Å². The fourth-order valence-corrected chi connectivity index (χ4v) is 3.86. The van der Waals surface area contributed by atoms with Gasteiger partial charge in [-0.15, -0.1) is 0 Å². The van der Waals surface area contributed by atoms with Gasteiger partial charge in [-0.25, -0.2) is 0 Å². The molecule has 1 nitrogen and oxygen atoms in total. The molecule has 1 N–H and O–H groups in total. The minimum absolute atomic E-state index is 0.391. The maximum absolute atomic E-state index is 3.75. The van der Waals surface area contributed by atoms with Gasteiger partial charge in [0.05, 0.1) is 0 Å². The zero-order valence-electron chi connectivity index (χ0n) is 7.62. The molecule has 10 heavy (non-hydrogen) atoms. The molecule has 0 radical (unpaired) electrons. The number of hydrogen-bond acceptors (Lipinski definition) is 1. The number of hydrogen-bond donors (Lipinski definition) is 1. The van der Waals surface area contributed by atoms with Gasteiger partial charge in [-0.1, -0.05) is 0 Å². The Kier molecular flexibility index (Phi) is 2.41. The van der Waals surface area contributed by atoms with Crippen LogP contribution >= 0.6 is 0 Å². The fraction of sp³-hybridized carbons (Fsp3) is 1.00. The van der Waals surface area contributed by atoms with E-state index >= 15 is 0 Å². The fourth-order valence-electron chi connectivity index (χ4n) is 1.22. The van der Waals surface area contributed by atoms with Gasteiger partial charge < -0.3 is 0 Å². The Morgan fingerprint density at radius 1 is 1.50 bits per heavy atom. The second kappa shape index (κ2) is 2.71. The first-order chi connectivity index (χ1) is 4.47. The average molecular weight is 243 g/mol. The molecule has 0 amide bonds. The first kappa shape index (κ1) is 8.92. The van der Waals surface area contributed by atoms with Gasteiger partial charge in [0.25, 0.3) is 0 Å². The summed E-state index contributed by atoms with van der Waals surface area (Å²) in [5, 5.41) is 3.75. The molecular formula is C8H18InN. The standard InChI is InChI=1S/C8H16N.In.2H/c1-4-8(2,3)9-7-5-6-7;;;/h9H,4-6H2,1-3H3;;;. The van der Waals surface area contributed by atoms with Crippen molar-refractivity contribution in [2.24, 2.45) is 0 Å². The van der Waals surface area contributed by atoms with E-state index in [1.807, 2.05) is 0 Å². The van der Waals surface area contributed by atoms with Gasteiger partial charge >= 0.3 is 78.6 Å². The van der Waals surface area contributed by atoms with Crippen LogP contribution in [0.4, 0.5) is 0 Å². The SMILES string of the molecule is CCC(C)(C)N[C]1([InH2])CC1. The normalized spacial score (nSPS) is 22.7. The van der Waals surface area contributed by atoms with Gasteiger partial charge in [-0.2, -0.15) is 0 Å². The van der Waals surface area contributed by atoms with E-state index in [0.717, 1.165) is 24.4 Å². The Hall–Kier alpha value is 0.830. The molecule has 0 heterocycles. The van der Waals surface area contributed by atoms with Crippen molar-refractivity contribution in [1.82, 2.24) is 5.32 Å². The molecule has 0 aliphatic heterocycles. The summed E-state index contributed by atoms with van der Waals surface area (Å²) in [4.78, 5) is 0. The molecule has 0 saturated heterocycles. The molecule has 1 rings (SSSR count). The first-order valence-electron chi connectivity index (χ1n) is 4.27. The van der Waals surface area contributed by atoms with Crippen molar-refractivity contribution in [3.63, 3.8) is 0 Å². The molecular weight excluding hydrogens is 225 g/mol. The summed E-state index contributed by atoms with van der Waals surface area (Å²) in [6, 6.07) is 0. The van der Waals surface area contributed by atoms with Crippen molar-refractivity contribution >= 4 is 24.4 Å². The van der Waals surface area contributed by atoms with Crippen molar-refractivity contribution in [3.8, 4) is 0 Å². The second-order valence-electron chi connectivity index (χ2n) is 4.42. The summed E-state index contributed by atoms with van der Waals surface area (Å²) < 4.78 is 0.696. The van der Waals surface area contributed by atoms with Crippen LogP contribution < -0.4 is 5.32 Å². The van der Waals surface area contributed by atoms with Gasteiger partial charge in [0, 0.05) is 0 Å². The van der Waals surface area contributed by atoms with Crippen LogP contribution in [0.25, 0.3) is 0 Å². The van der Waals surface area contributed by atoms with E-state index in [1.165, 1.54) is 19.3 Å². The molecule has 1 aliphatic carbocycles. The molecule has 0 aromatic carbocycles. The summed E-state index contributed by atoms with van der Waals surface area (Å²) in [5.74, 6) is 0. The number of rotatable bonds is 3. The van der Waals surface area contributed by atoms with Crippen LogP contribution in [0.2, 0.25) is 0 Å². The molecule has 0 atom stereocenters. The summed E-state index contributed by atoms with van der Waals surface area (Å²) in [5.41, 5.74) is 0.391. The average Bonchev–Trinajstić information content (AvgIpc) is 2.47. The molecule has 1 saturated carbocycles. The van der Waals surface area contributed by atoms with Gasteiger partial charge in [0.1, 0.15) is 0 Å². The van der Waals surface area contributed by atoms with Crippen LogP contribution in [0.3, 0.4) is 0 Å². The van der Waals surface area contributed by atoms with E-state index in [-0.39, 0.29) is 0 Å². The van der Waals surface area contributed by atoms with Crippen molar-refractivity contribution < 1.29 is 0 Å². The Labute approximate surface area is 78.5 Å². The van der Waals surface area contributed by atoms with Crippen molar-refractivity contribution in [3.05, 3.63) is 0 Å². The molecule has 1 aliphatic rings. The monoisotopic (exact) mass is 243 g/mol. The molecule has 58 valence electrons. The van der Waals surface area contributed by atoms with E-state index in [1.54, 1.807) is 0 Å². The van der Waals surface area contributed by atoms with E-state index in [2.05, 4.69) is 26.1 Å². The van der Waals surface area contributed by atoms with Crippen LogP contribution in [0.5, 0.6) is 0 Å². The van der Waals surface area contributed by atoms with Gasteiger partial charge in [-0.3, -0.25) is 0 Å². The van der Waals surface area contributed by atoms with Gasteiger partial charge in [0.2, 0.25) is 0 Å². The van der Waals surface area contributed by atoms with E-state index in [0.29, 0.717) is 8.83 Å². The van der Waals surface area contributed by atoms with E-state index in [4.69, 9.17) is 0 Å². The number of nitrogens with one attached hydrogen (secondary N) is 1. The van der Waals surface area contributed by atoms with Crippen molar-refractivity contribution in [2.75, 3.05) is 0 Å². The Morgan fingerprint density at radius 2 is 2.00 bits per heavy atom. The third kappa shape index (κ3) is 2.46. The molecule has 0 aromatic rings. The molecule has 0 spiro atoms. The minimum atomic E-state index is 0.391. The summed E-state index contributed by atoms with van der Waals surface area (Å²) in [7, 11) is 0. The maximum atomic E-state index is 3.75. The van der Waals surface area contributed by atoms with Crippen LogP contribution in [0, 0.1) is 0 Å². The van der Waals surface area contributed by atoms with Crippen molar-refractivity contribution in [2.45, 2.75) is 48.9 Å². The molecule has 0 aromatic heterocycles. The van der Waals surface area contributed by atoms with Crippen LogP contribution in [0.15, 0.2) is 0 Å². The van der Waals surface area contributed by atoms with E-state index in [9.17, 15) is 0 Å². The molecule has 0 bridgehead atoms. The van der Waals surface area contributed by atoms with Gasteiger partial charge in [0.15, 0.2) is 0 Å². The second-order valence-corrected chi connectivity index (χ2v) is 9.89. The molecule has 0 unspecified atom stereocenters. The zero-order chi connectivity index (χ0) is 7.83. The van der Waals surface area contributed by atoms with Crippen LogP contribution in [-0.4, -0.2) is 33.2 Å². The third-order valence-electron chi connectivity index (χ3n) is 2.52.